The Kier molecular flexibility index (Phi) is 13.5. The third-order valence-corrected chi connectivity index (χ3v) is 6.06. The average Bonchev–Trinajstić information content (AvgIpc) is 2.61. The third kappa shape index (κ3) is 8.67. The Bertz CT molecular complexity index is 232. The highest BCUT2D eigenvalue weighted by Gasteiger charge is 2.30. The summed E-state index contributed by atoms with van der Waals surface area (Å²) in [6, 6.07) is 2.15. The predicted molar refractivity (Wildman–Crippen MR) is 90.7 cm³/mol. The first-order valence-electron chi connectivity index (χ1n) is 7.54. The standard InChI is InChI=1S/C13H32O8Si2/c1-14-12(15-2,16-3)10-20-22-8-7-9-23-21-11-13(17-4,18-5)19-6/h7-11,22-23H2,1-6H3. The van der Waals surface area contributed by atoms with Crippen LogP contribution in [0, 0.1) is 0 Å². The molecule has 0 N–H and O–H groups in total. The second-order valence-corrected chi connectivity index (χ2v) is 7.80. The van der Waals surface area contributed by atoms with E-state index < -0.39 is 31.5 Å². The van der Waals surface area contributed by atoms with Gasteiger partial charge in [-0.3, -0.25) is 0 Å². The van der Waals surface area contributed by atoms with Crippen LogP contribution in [0.25, 0.3) is 0 Å². The molecule has 140 valence electrons. The summed E-state index contributed by atoms with van der Waals surface area (Å²) in [7, 11) is 7.93. The van der Waals surface area contributed by atoms with Gasteiger partial charge in [0, 0.05) is 42.7 Å². The zero-order chi connectivity index (χ0) is 17.6. The van der Waals surface area contributed by atoms with E-state index in [0.717, 1.165) is 18.5 Å². The van der Waals surface area contributed by atoms with Crippen molar-refractivity contribution in [1.29, 1.82) is 0 Å². The Morgan fingerprint density at radius 2 is 0.870 bits per heavy atom. The fourth-order valence-corrected chi connectivity index (χ4v) is 4.85. The number of hydrogen-bond donors (Lipinski definition) is 0. The maximum Gasteiger partial charge on any atom is 0.305 e. The Morgan fingerprint density at radius 3 is 1.13 bits per heavy atom. The second kappa shape index (κ2) is 13.4. The minimum atomic E-state index is -1.09. The van der Waals surface area contributed by atoms with Crippen LogP contribution in [0.3, 0.4) is 0 Å². The Labute approximate surface area is 143 Å². The molecule has 0 aromatic heterocycles. The van der Waals surface area contributed by atoms with Crippen molar-refractivity contribution in [2.75, 3.05) is 55.9 Å². The number of methoxy groups -OCH3 is 6. The Morgan fingerprint density at radius 1 is 0.565 bits per heavy atom. The molecule has 0 aromatic carbocycles. The van der Waals surface area contributed by atoms with E-state index in [1.54, 1.807) is 0 Å². The summed E-state index contributed by atoms with van der Waals surface area (Å²) in [6.45, 7) is 0.573. The van der Waals surface area contributed by atoms with Crippen LogP contribution < -0.4 is 0 Å². The molecule has 0 saturated carbocycles. The molecule has 0 aromatic rings. The average molecular weight is 373 g/mol. The van der Waals surface area contributed by atoms with Gasteiger partial charge in [-0.2, -0.15) is 0 Å². The quantitative estimate of drug-likeness (QED) is 0.206. The molecular weight excluding hydrogens is 340 g/mol. The largest absolute Gasteiger partial charge is 0.416 e. The zero-order valence-corrected chi connectivity index (χ0v) is 18.0. The van der Waals surface area contributed by atoms with Crippen molar-refractivity contribution in [3.63, 3.8) is 0 Å². The van der Waals surface area contributed by atoms with Gasteiger partial charge < -0.3 is 37.3 Å². The summed E-state index contributed by atoms with van der Waals surface area (Å²) in [5.41, 5.74) is 0. The van der Waals surface area contributed by atoms with Gasteiger partial charge in [-0.25, -0.2) is 0 Å². The summed E-state index contributed by atoms with van der Waals surface area (Å²) >= 11 is 0. The SMILES string of the molecule is COC(CO[SiH2]CCC[SiH2]OCC(OC)(OC)OC)(OC)OC. The normalized spacial score (nSPS) is 13.8. The van der Waals surface area contributed by atoms with Crippen LogP contribution in [0.5, 0.6) is 0 Å². The van der Waals surface area contributed by atoms with Crippen LogP contribution in [-0.4, -0.2) is 87.3 Å². The molecular formula is C13H32O8Si2. The molecule has 0 aliphatic heterocycles. The molecule has 0 saturated heterocycles. The van der Waals surface area contributed by atoms with Crippen molar-refractivity contribution in [3.05, 3.63) is 0 Å². The molecule has 0 bridgehead atoms. The van der Waals surface area contributed by atoms with Gasteiger partial charge in [-0.15, -0.1) is 0 Å². The molecule has 0 amide bonds. The van der Waals surface area contributed by atoms with Gasteiger partial charge in [-0.05, 0) is 12.1 Å². The van der Waals surface area contributed by atoms with Crippen LogP contribution in [0.15, 0.2) is 0 Å². The first kappa shape index (κ1) is 23.1. The van der Waals surface area contributed by atoms with Crippen molar-refractivity contribution < 1.29 is 37.3 Å². The van der Waals surface area contributed by atoms with Gasteiger partial charge in [0.15, 0.2) is 19.5 Å². The van der Waals surface area contributed by atoms with E-state index in [4.69, 9.17) is 37.3 Å². The highest BCUT2D eigenvalue weighted by atomic mass is 28.2. The lowest BCUT2D eigenvalue weighted by Gasteiger charge is -2.28. The van der Waals surface area contributed by atoms with Crippen molar-refractivity contribution in [3.8, 4) is 0 Å². The van der Waals surface area contributed by atoms with E-state index in [9.17, 15) is 0 Å². The van der Waals surface area contributed by atoms with Crippen molar-refractivity contribution >= 4 is 19.5 Å². The molecule has 0 heterocycles. The van der Waals surface area contributed by atoms with E-state index in [1.807, 2.05) is 0 Å². The van der Waals surface area contributed by atoms with E-state index in [0.29, 0.717) is 0 Å². The van der Waals surface area contributed by atoms with Crippen LogP contribution in [0.4, 0.5) is 0 Å². The molecule has 0 spiro atoms. The fraction of sp³-hybridized carbons (Fsp3) is 1.00. The Balaban J connectivity index is 3.64. The lowest BCUT2D eigenvalue weighted by molar-refractivity contribution is -0.361. The lowest BCUT2D eigenvalue weighted by atomic mass is 10.6. The summed E-state index contributed by atoms with van der Waals surface area (Å²) in [5.74, 6) is -2.18. The second-order valence-electron chi connectivity index (χ2n) is 4.76. The monoisotopic (exact) mass is 372 g/mol. The van der Waals surface area contributed by atoms with Gasteiger partial charge in [0.1, 0.15) is 13.2 Å². The zero-order valence-electron chi connectivity index (χ0n) is 15.2. The number of ether oxygens (including phenoxy) is 6. The van der Waals surface area contributed by atoms with Gasteiger partial charge >= 0.3 is 11.9 Å². The van der Waals surface area contributed by atoms with Crippen LogP contribution in [-0.2, 0) is 37.3 Å². The van der Waals surface area contributed by atoms with Crippen LogP contribution >= 0.6 is 0 Å². The van der Waals surface area contributed by atoms with Crippen LogP contribution in [0.2, 0.25) is 12.1 Å². The number of rotatable bonds is 16. The van der Waals surface area contributed by atoms with Crippen molar-refractivity contribution in [1.82, 2.24) is 0 Å². The maximum atomic E-state index is 5.66. The molecule has 0 fully saturated rings. The molecule has 0 rings (SSSR count). The van der Waals surface area contributed by atoms with Gasteiger partial charge in [0.2, 0.25) is 0 Å². The summed E-state index contributed by atoms with van der Waals surface area (Å²) < 4.78 is 42.3. The van der Waals surface area contributed by atoms with Gasteiger partial charge in [-0.1, -0.05) is 6.42 Å². The molecule has 0 unspecified atom stereocenters. The van der Waals surface area contributed by atoms with Gasteiger partial charge in [0.05, 0.1) is 0 Å². The molecule has 8 nitrogen and oxygen atoms in total. The van der Waals surface area contributed by atoms with E-state index in [1.165, 1.54) is 42.7 Å². The maximum absolute atomic E-state index is 5.66. The molecule has 0 radical (unpaired) electrons. The fourth-order valence-electron chi connectivity index (χ4n) is 1.83. The molecule has 0 aliphatic rings. The minimum Gasteiger partial charge on any atom is -0.416 e. The molecule has 23 heavy (non-hydrogen) atoms. The van der Waals surface area contributed by atoms with Crippen molar-refractivity contribution in [2.45, 2.75) is 30.5 Å². The smallest absolute Gasteiger partial charge is 0.305 e. The summed E-state index contributed by atoms with van der Waals surface area (Å²) in [5, 5.41) is 0. The highest BCUT2D eigenvalue weighted by molar-refractivity contribution is 6.29. The van der Waals surface area contributed by atoms with Crippen molar-refractivity contribution in [2.24, 2.45) is 0 Å². The molecule has 0 aliphatic carbocycles. The number of hydrogen-bond acceptors (Lipinski definition) is 8. The summed E-state index contributed by atoms with van der Waals surface area (Å²) in [6.07, 6.45) is 1.10. The molecule has 0 atom stereocenters. The van der Waals surface area contributed by atoms with E-state index in [-0.39, 0.29) is 13.2 Å². The first-order valence-corrected chi connectivity index (χ1v) is 10.7. The van der Waals surface area contributed by atoms with E-state index >= 15 is 0 Å². The molecule has 10 heteroatoms. The Hall–Kier alpha value is 0.114. The van der Waals surface area contributed by atoms with E-state index in [2.05, 4.69) is 0 Å². The predicted octanol–water partition coefficient (Wildman–Crippen LogP) is -0.400. The van der Waals surface area contributed by atoms with Crippen LogP contribution in [0.1, 0.15) is 6.42 Å². The third-order valence-electron chi connectivity index (χ3n) is 3.50. The first-order chi connectivity index (χ1) is 11.1. The summed E-state index contributed by atoms with van der Waals surface area (Å²) in [4.78, 5) is 0. The van der Waals surface area contributed by atoms with Gasteiger partial charge in [0.25, 0.3) is 0 Å². The highest BCUT2D eigenvalue weighted by Crippen LogP contribution is 2.13. The topological polar surface area (TPSA) is 73.8 Å². The minimum absolute atomic E-state index is 0.286. The lowest BCUT2D eigenvalue weighted by Crippen LogP contribution is -2.41.